The lowest BCUT2D eigenvalue weighted by Gasteiger charge is -2.22. The third kappa shape index (κ3) is 4.91. The fraction of sp³-hybridized carbons (Fsp3) is 0.467. The van der Waals surface area contributed by atoms with E-state index in [2.05, 4.69) is 17.2 Å². The smallest absolute Gasteiger partial charge is 0.246 e. The van der Waals surface area contributed by atoms with Crippen molar-refractivity contribution in [2.24, 2.45) is 4.99 Å². The molecule has 0 saturated carbocycles. The second kappa shape index (κ2) is 7.53. The van der Waals surface area contributed by atoms with Crippen LogP contribution in [0.25, 0.3) is 0 Å². The molecule has 0 heterocycles. The highest BCUT2D eigenvalue weighted by Crippen LogP contribution is 2.10. The van der Waals surface area contributed by atoms with Gasteiger partial charge < -0.3 is 15.1 Å². The highest BCUT2D eigenvalue weighted by Gasteiger charge is 2.06. The highest BCUT2D eigenvalue weighted by molar-refractivity contribution is 5.94. The number of hydrogen-bond donors (Lipinski definition) is 1. The molecule has 5 heteroatoms. The number of carbonyl (C=O) groups excluding carboxylic acids is 1. The molecule has 5 nitrogen and oxygen atoms in total. The van der Waals surface area contributed by atoms with Gasteiger partial charge in [0.1, 0.15) is 6.54 Å². The molecule has 20 heavy (non-hydrogen) atoms. The highest BCUT2D eigenvalue weighted by atomic mass is 16.1. The fourth-order valence-corrected chi connectivity index (χ4v) is 1.89. The van der Waals surface area contributed by atoms with Gasteiger partial charge in [-0.15, -0.1) is 0 Å². The van der Waals surface area contributed by atoms with Crippen molar-refractivity contribution >= 4 is 17.6 Å². The molecule has 0 aliphatic carbocycles. The van der Waals surface area contributed by atoms with E-state index in [1.807, 2.05) is 62.3 Å². The third-order valence-corrected chi connectivity index (χ3v) is 2.78. The Bertz CT molecular complexity index is 471. The first kappa shape index (κ1) is 16.0. The Morgan fingerprint density at radius 2 is 1.85 bits per heavy atom. The normalized spacial score (nSPS) is 9.85. The average Bonchev–Trinajstić information content (AvgIpc) is 2.38. The van der Waals surface area contributed by atoms with Gasteiger partial charge in [-0.2, -0.15) is 0 Å². The summed E-state index contributed by atoms with van der Waals surface area (Å²) < 4.78 is 0. The maximum absolute atomic E-state index is 11.9. The maximum Gasteiger partial charge on any atom is 0.246 e. The van der Waals surface area contributed by atoms with Crippen LogP contribution in [0.1, 0.15) is 12.5 Å². The molecular formula is C15H24N4O. The van der Waals surface area contributed by atoms with E-state index in [4.69, 9.17) is 0 Å². The molecule has 1 aromatic rings. The molecule has 1 amide bonds. The molecule has 1 rings (SSSR count). The minimum absolute atomic E-state index is 0.112. The van der Waals surface area contributed by atoms with Gasteiger partial charge >= 0.3 is 0 Å². The molecule has 1 N–H and O–H groups in total. The Balaban J connectivity index is 2.65. The van der Waals surface area contributed by atoms with Crippen LogP contribution in [0.3, 0.4) is 0 Å². The van der Waals surface area contributed by atoms with E-state index in [9.17, 15) is 4.79 Å². The quantitative estimate of drug-likeness (QED) is 0.672. The van der Waals surface area contributed by atoms with E-state index >= 15 is 0 Å². The van der Waals surface area contributed by atoms with Crippen LogP contribution in [0.4, 0.5) is 5.69 Å². The molecule has 0 saturated heterocycles. The molecule has 0 unspecified atom stereocenters. The summed E-state index contributed by atoms with van der Waals surface area (Å²) in [7, 11) is 7.62. The molecule has 0 aliphatic rings. The lowest BCUT2D eigenvalue weighted by atomic mass is 10.1. The van der Waals surface area contributed by atoms with Crippen molar-refractivity contribution in [3.05, 3.63) is 29.8 Å². The molecule has 0 aromatic heterocycles. The Morgan fingerprint density at radius 3 is 2.40 bits per heavy atom. The zero-order chi connectivity index (χ0) is 15.1. The number of benzene rings is 1. The standard InChI is InChI=1S/C15H24N4O/c1-6-12-8-7-9-13(10-12)17-14(20)11-16-15(18(2)3)19(4)5/h7-10H,6,11H2,1-5H3,(H,17,20). The molecule has 0 atom stereocenters. The van der Waals surface area contributed by atoms with Crippen LogP contribution < -0.4 is 5.32 Å². The summed E-state index contributed by atoms with van der Waals surface area (Å²) in [6.45, 7) is 2.20. The summed E-state index contributed by atoms with van der Waals surface area (Å²) in [6, 6.07) is 7.87. The van der Waals surface area contributed by atoms with Crippen molar-refractivity contribution in [3.63, 3.8) is 0 Å². The van der Waals surface area contributed by atoms with Gasteiger partial charge in [0, 0.05) is 33.9 Å². The molecular weight excluding hydrogens is 252 g/mol. The van der Waals surface area contributed by atoms with Gasteiger partial charge in [-0.1, -0.05) is 19.1 Å². The summed E-state index contributed by atoms with van der Waals surface area (Å²) in [5.74, 6) is 0.655. The molecule has 0 bridgehead atoms. The summed E-state index contributed by atoms with van der Waals surface area (Å²) >= 11 is 0. The number of anilines is 1. The number of aliphatic imine (C=N–C) groups is 1. The predicted molar refractivity (Wildman–Crippen MR) is 84.1 cm³/mol. The van der Waals surface area contributed by atoms with Crippen LogP contribution in [-0.4, -0.2) is 56.4 Å². The summed E-state index contributed by atoms with van der Waals surface area (Å²) in [4.78, 5) is 20.0. The zero-order valence-electron chi connectivity index (χ0n) is 13.0. The molecule has 1 aromatic carbocycles. The Morgan fingerprint density at radius 1 is 1.20 bits per heavy atom. The van der Waals surface area contributed by atoms with Crippen LogP contribution in [0.5, 0.6) is 0 Å². The monoisotopic (exact) mass is 276 g/mol. The first-order valence-electron chi connectivity index (χ1n) is 6.72. The van der Waals surface area contributed by atoms with Crippen LogP contribution in [0, 0.1) is 0 Å². The molecule has 110 valence electrons. The number of hydrogen-bond acceptors (Lipinski definition) is 2. The van der Waals surface area contributed by atoms with Crippen molar-refractivity contribution in [3.8, 4) is 0 Å². The van der Waals surface area contributed by atoms with E-state index in [-0.39, 0.29) is 12.5 Å². The van der Waals surface area contributed by atoms with Crippen molar-refractivity contribution in [2.75, 3.05) is 40.1 Å². The van der Waals surface area contributed by atoms with Crippen LogP contribution in [-0.2, 0) is 11.2 Å². The predicted octanol–water partition coefficient (Wildman–Crippen LogP) is 1.67. The fourth-order valence-electron chi connectivity index (χ4n) is 1.89. The van der Waals surface area contributed by atoms with E-state index in [1.165, 1.54) is 5.56 Å². The van der Waals surface area contributed by atoms with Crippen molar-refractivity contribution < 1.29 is 4.79 Å². The van der Waals surface area contributed by atoms with Crippen molar-refractivity contribution in [1.82, 2.24) is 9.80 Å². The second-order valence-corrected chi connectivity index (χ2v) is 5.01. The number of aryl methyl sites for hydroxylation is 1. The number of guanidine groups is 1. The Hall–Kier alpha value is -2.04. The number of nitrogens with one attached hydrogen (secondary N) is 1. The zero-order valence-corrected chi connectivity index (χ0v) is 13.0. The maximum atomic E-state index is 11.9. The third-order valence-electron chi connectivity index (χ3n) is 2.78. The number of nitrogens with zero attached hydrogens (tertiary/aromatic N) is 3. The lowest BCUT2D eigenvalue weighted by molar-refractivity contribution is -0.114. The number of rotatable bonds is 4. The van der Waals surface area contributed by atoms with Crippen LogP contribution >= 0.6 is 0 Å². The molecule has 0 aliphatic heterocycles. The SMILES string of the molecule is CCc1cccc(NC(=O)CN=C(N(C)C)N(C)C)c1. The second-order valence-electron chi connectivity index (χ2n) is 5.01. The first-order chi connectivity index (χ1) is 9.43. The minimum atomic E-state index is -0.112. The van der Waals surface area contributed by atoms with Gasteiger partial charge in [-0.05, 0) is 24.1 Å². The van der Waals surface area contributed by atoms with Gasteiger partial charge in [0.05, 0.1) is 0 Å². The van der Waals surface area contributed by atoms with Crippen LogP contribution in [0.15, 0.2) is 29.3 Å². The van der Waals surface area contributed by atoms with Gasteiger partial charge in [-0.3, -0.25) is 4.79 Å². The van der Waals surface area contributed by atoms with Crippen LogP contribution in [0.2, 0.25) is 0 Å². The number of amides is 1. The molecule has 0 fully saturated rings. The van der Waals surface area contributed by atoms with Gasteiger partial charge in [-0.25, -0.2) is 4.99 Å². The molecule has 0 spiro atoms. The topological polar surface area (TPSA) is 47.9 Å². The lowest BCUT2D eigenvalue weighted by Crippen LogP contribution is -2.36. The van der Waals surface area contributed by atoms with E-state index in [0.29, 0.717) is 0 Å². The Labute approximate surface area is 121 Å². The van der Waals surface area contributed by atoms with Crippen molar-refractivity contribution in [2.45, 2.75) is 13.3 Å². The minimum Gasteiger partial charge on any atom is -0.349 e. The average molecular weight is 276 g/mol. The van der Waals surface area contributed by atoms with E-state index in [1.54, 1.807) is 0 Å². The largest absolute Gasteiger partial charge is 0.349 e. The summed E-state index contributed by atoms with van der Waals surface area (Å²) in [6.07, 6.45) is 0.952. The first-order valence-corrected chi connectivity index (χ1v) is 6.72. The van der Waals surface area contributed by atoms with Crippen molar-refractivity contribution in [1.29, 1.82) is 0 Å². The number of carbonyl (C=O) groups is 1. The molecule has 0 radical (unpaired) electrons. The summed E-state index contributed by atoms with van der Waals surface area (Å²) in [5.41, 5.74) is 2.02. The van der Waals surface area contributed by atoms with E-state index in [0.717, 1.165) is 18.1 Å². The summed E-state index contributed by atoms with van der Waals surface area (Å²) in [5, 5.41) is 2.87. The van der Waals surface area contributed by atoms with Gasteiger partial charge in [0.15, 0.2) is 5.96 Å². The van der Waals surface area contributed by atoms with Gasteiger partial charge in [0.2, 0.25) is 5.91 Å². The van der Waals surface area contributed by atoms with E-state index < -0.39 is 0 Å². The van der Waals surface area contributed by atoms with Gasteiger partial charge in [0.25, 0.3) is 0 Å². The Kier molecular flexibility index (Phi) is 6.03.